The fourth-order valence-corrected chi connectivity index (χ4v) is 4.06. The maximum absolute atomic E-state index is 13.2. The minimum absolute atomic E-state index is 0.302. The van der Waals surface area contributed by atoms with E-state index in [1.807, 2.05) is 30.3 Å². The highest BCUT2D eigenvalue weighted by Gasteiger charge is 2.56. The Morgan fingerprint density at radius 1 is 1.23 bits per heavy atom. The first-order valence-electron chi connectivity index (χ1n) is 8.03. The third-order valence-electron chi connectivity index (χ3n) is 4.69. The van der Waals surface area contributed by atoms with Gasteiger partial charge in [0.25, 0.3) is 0 Å². The van der Waals surface area contributed by atoms with E-state index in [9.17, 15) is 9.59 Å². The van der Waals surface area contributed by atoms with Gasteiger partial charge in [0, 0.05) is 17.6 Å². The molecule has 0 N–H and O–H groups in total. The number of carbonyl (C=O) groups is 2. The number of halogens is 2. The fourth-order valence-electron chi connectivity index (χ4n) is 3.31. The van der Waals surface area contributed by atoms with Gasteiger partial charge in [-0.3, -0.25) is 4.79 Å². The van der Waals surface area contributed by atoms with Crippen LogP contribution in [-0.4, -0.2) is 30.4 Å². The zero-order valence-corrected chi connectivity index (χ0v) is 16.4. The quantitative estimate of drug-likeness (QED) is 0.666. The molecule has 5 nitrogen and oxygen atoms in total. The molecule has 1 unspecified atom stereocenters. The van der Waals surface area contributed by atoms with Gasteiger partial charge in [-0.05, 0) is 35.7 Å². The molecule has 7 heteroatoms. The number of ether oxygens (including phenoxy) is 1. The zero-order chi connectivity index (χ0) is 18.7. The van der Waals surface area contributed by atoms with Gasteiger partial charge in [0.1, 0.15) is 17.6 Å². The van der Waals surface area contributed by atoms with Gasteiger partial charge in [-0.2, -0.15) is 0 Å². The van der Waals surface area contributed by atoms with E-state index < -0.39 is 11.4 Å². The first-order chi connectivity index (χ1) is 12.5. The third kappa shape index (κ3) is 3.19. The van der Waals surface area contributed by atoms with Gasteiger partial charge in [0.05, 0.1) is 7.11 Å². The van der Waals surface area contributed by atoms with Crippen molar-refractivity contribution in [3.8, 4) is 5.75 Å². The van der Waals surface area contributed by atoms with Crippen molar-refractivity contribution in [2.24, 2.45) is 0 Å². The number of carbonyl (C=O) groups excluding carboxylic acids is 2. The Morgan fingerprint density at radius 3 is 2.54 bits per heavy atom. The number of hydrogen-bond acceptors (Lipinski definition) is 4. The van der Waals surface area contributed by atoms with Crippen LogP contribution in [0.4, 0.5) is 0 Å². The lowest BCUT2D eigenvalue weighted by Gasteiger charge is -2.26. The Morgan fingerprint density at radius 2 is 1.92 bits per heavy atom. The number of rotatable bonds is 5. The summed E-state index contributed by atoms with van der Waals surface area (Å²) in [5.41, 5.74) is 0.0723. The van der Waals surface area contributed by atoms with Crippen molar-refractivity contribution >= 4 is 39.7 Å². The second-order valence-electron chi connectivity index (χ2n) is 6.07. The normalized spacial score (nSPS) is 19.5. The second kappa shape index (κ2) is 7.68. The summed E-state index contributed by atoms with van der Waals surface area (Å²) in [5.74, 6) is -0.325. The molecule has 1 aliphatic heterocycles. The Hall–Kier alpha value is -2.05. The lowest BCUT2D eigenvalue weighted by atomic mass is 9.79. The van der Waals surface area contributed by atoms with Crippen LogP contribution in [0.5, 0.6) is 5.75 Å². The number of likely N-dealkylation sites (tertiary alicyclic amines) is 1. The molecule has 0 bridgehead atoms. The van der Waals surface area contributed by atoms with E-state index in [1.165, 1.54) is 0 Å². The van der Waals surface area contributed by atoms with Crippen LogP contribution >= 0.6 is 27.8 Å². The molecule has 0 spiro atoms. The van der Waals surface area contributed by atoms with E-state index in [0.717, 1.165) is 11.3 Å². The van der Waals surface area contributed by atoms with E-state index in [2.05, 4.69) is 20.2 Å². The van der Waals surface area contributed by atoms with Crippen LogP contribution in [0.3, 0.4) is 0 Å². The number of amides is 1. The molecule has 0 saturated carbocycles. The Labute approximate surface area is 165 Å². The van der Waals surface area contributed by atoms with Crippen molar-refractivity contribution in [1.29, 1.82) is 0 Å². The van der Waals surface area contributed by atoms with Crippen LogP contribution in [0.1, 0.15) is 17.5 Å². The summed E-state index contributed by atoms with van der Waals surface area (Å²) in [5, 5.41) is 0. The van der Waals surface area contributed by atoms with Crippen LogP contribution in [0.2, 0.25) is 0 Å². The van der Waals surface area contributed by atoms with Crippen molar-refractivity contribution in [2.75, 3.05) is 13.7 Å². The van der Waals surface area contributed by atoms with Gasteiger partial charge in [0.2, 0.25) is 5.91 Å². The summed E-state index contributed by atoms with van der Waals surface area (Å²) in [6, 6.07) is 14.6. The van der Waals surface area contributed by atoms with Crippen LogP contribution in [0.25, 0.3) is 0 Å². The molecule has 1 fully saturated rings. The maximum Gasteiger partial charge on any atom is 0.344 e. The highest BCUT2D eigenvalue weighted by atomic mass is 79.9. The van der Waals surface area contributed by atoms with E-state index in [-0.39, 0.29) is 5.91 Å². The molecule has 3 rings (SSSR count). The Balaban J connectivity index is 1.92. The standard InChI is InChI=1S/C19H17BrClNO4/c1-25-14-8-6-13(7-9-14)12-22-11-10-19(17(22)23,18(24)26-21)15-4-2-3-5-16(15)20/h2-9H,10-12H2,1H3. The molecule has 2 aromatic rings. The molecule has 1 heterocycles. The minimum atomic E-state index is -1.44. The van der Waals surface area contributed by atoms with Crippen molar-refractivity contribution in [3.63, 3.8) is 0 Å². The number of nitrogens with zero attached hydrogens (tertiary/aromatic N) is 1. The molecular formula is C19H17BrClNO4. The fraction of sp³-hybridized carbons (Fsp3) is 0.263. The number of hydrogen-bond donors (Lipinski definition) is 0. The molecule has 136 valence electrons. The third-order valence-corrected chi connectivity index (χ3v) is 5.53. The van der Waals surface area contributed by atoms with Gasteiger partial charge in [-0.1, -0.05) is 46.3 Å². The summed E-state index contributed by atoms with van der Waals surface area (Å²) in [7, 11) is 1.60. The minimum Gasteiger partial charge on any atom is -0.497 e. The van der Waals surface area contributed by atoms with Gasteiger partial charge >= 0.3 is 5.97 Å². The number of benzene rings is 2. The van der Waals surface area contributed by atoms with Crippen molar-refractivity contribution < 1.29 is 18.6 Å². The van der Waals surface area contributed by atoms with Crippen LogP contribution in [0, 0.1) is 0 Å². The molecule has 26 heavy (non-hydrogen) atoms. The van der Waals surface area contributed by atoms with Crippen molar-refractivity contribution in [2.45, 2.75) is 18.4 Å². The van der Waals surface area contributed by atoms with Crippen molar-refractivity contribution in [1.82, 2.24) is 4.90 Å². The molecule has 1 saturated heterocycles. The van der Waals surface area contributed by atoms with Crippen molar-refractivity contribution in [3.05, 3.63) is 64.1 Å². The summed E-state index contributed by atoms with van der Waals surface area (Å²) >= 11 is 8.81. The molecule has 2 aromatic carbocycles. The zero-order valence-electron chi connectivity index (χ0n) is 14.1. The van der Waals surface area contributed by atoms with Crippen LogP contribution in [0.15, 0.2) is 53.0 Å². The highest BCUT2D eigenvalue weighted by molar-refractivity contribution is 9.10. The molecule has 1 atom stereocenters. The molecule has 1 aliphatic rings. The largest absolute Gasteiger partial charge is 0.497 e. The predicted octanol–water partition coefficient (Wildman–Crippen LogP) is 3.83. The summed E-state index contributed by atoms with van der Waals surface area (Å²) in [6.45, 7) is 0.822. The lowest BCUT2D eigenvalue weighted by molar-refractivity contribution is -0.148. The highest BCUT2D eigenvalue weighted by Crippen LogP contribution is 2.41. The summed E-state index contributed by atoms with van der Waals surface area (Å²) in [6.07, 6.45) is 0.302. The average molecular weight is 439 g/mol. The molecule has 0 radical (unpaired) electrons. The predicted molar refractivity (Wildman–Crippen MR) is 101 cm³/mol. The van der Waals surface area contributed by atoms with Gasteiger partial charge < -0.3 is 13.9 Å². The molecular weight excluding hydrogens is 422 g/mol. The SMILES string of the molecule is COc1ccc(CN2CCC(C(=O)OCl)(c3ccccc3Br)C2=O)cc1. The average Bonchev–Trinajstić information content (AvgIpc) is 2.99. The first-order valence-corrected chi connectivity index (χ1v) is 9.13. The molecule has 0 aromatic heterocycles. The molecule has 1 amide bonds. The van der Waals surface area contributed by atoms with Gasteiger partial charge in [-0.25, -0.2) is 4.79 Å². The Kier molecular flexibility index (Phi) is 5.53. The van der Waals surface area contributed by atoms with Crippen LogP contribution < -0.4 is 4.74 Å². The Bertz CT molecular complexity index is 827. The van der Waals surface area contributed by atoms with Gasteiger partial charge in [0.15, 0.2) is 5.41 Å². The topological polar surface area (TPSA) is 55.8 Å². The smallest absolute Gasteiger partial charge is 0.344 e. The summed E-state index contributed by atoms with van der Waals surface area (Å²) in [4.78, 5) is 27.4. The van der Waals surface area contributed by atoms with E-state index in [4.69, 9.17) is 16.6 Å². The van der Waals surface area contributed by atoms with E-state index >= 15 is 0 Å². The second-order valence-corrected chi connectivity index (χ2v) is 7.08. The molecule has 0 aliphatic carbocycles. The van der Waals surface area contributed by atoms with E-state index in [1.54, 1.807) is 30.2 Å². The van der Waals surface area contributed by atoms with E-state index in [0.29, 0.717) is 29.5 Å². The monoisotopic (exact) mass is 437 g/mol. The maximum atomic E-state index is 13.2. The first kappa shape index (κ1) is 18.7. The van der Waals surface area contributed by atoms with Crippen LogP contribution in [-0.2, 0) is 25.8 Å². The van der Waals surface area contributed by atoms with Gasteiger partial charge in [-0.15, -0.1) is 0 Å². The summed E-state index contributed by atoms with van der Waals surface area (Å²) < 4.78 is 10.3. The lowest BCUT2D eigenvalue weighted by Crippen LogP contribution is -2.44. The number of methoxy groups -OCH3 is 1.